The maximum Gasteiger partial charge on any atom is 1.00 e. The van der Waals surface area contributed by atoms with Crippen LogP contribution < -0.4 is 67.3 Å². The van der Waals surface area contributed by atoms with E-state index in [4.69, 9.17) is 0 Å². The Labute approximate surface area is 424 Å². The molecule has 0 saturated heterocycles. The van der Waals surface area contributed by atoms with Crippen molar-refractivity contribution < 1.29 is 79.8 Å². The van der Waals surface area contributed by atoms with E-state index < -0.39 is 31.7 Å². The molecule has 8 aromatic rings. The molecule has 0 aromatic heterocycles. The first-order chi connectivity index (χ1) is 28.6. The second kappa shape index (κ2) is 32.8. The van der Waals surface area contributed by atoms with Gasteiger partial charge in [0.2, 0.25) is 0 Å². The first kappa shape index (κ1) is 58.2. The molecule has 0 unspecified atom stereocenters. The van der Waals surface area contributed by atoms with Crippen molar-refractivity contribution in [2.75, 3.05) is 11.8 Å². The van der Waals surface area contributed by atoms with Crippen LogP contribution in [0.3, 0.4) is 0 Å². The number of ketones is 1. The van der Waals surface area contributed by atoms with Gasteiger partial charge in [-0.05, 0) is 111 Å². The Bertz CT molecular complexity index is 1860. The Morgan fingerprint density at radius 2 is 0.381 bits per heavy atom. The van der Waals surface area contributed by atoms with Gasteiger partial charge in [-0.25, -0.2) is 0 Å². The smallest absolute Gasteiger partial charge is 1.00 e. The summed E-state index contributed by atoms with van der Waals surface area (Å²) in [4.78, 5) is 9.44. The van der Waals surface area contributed by atoms with Crippen LogP contribution in [0.15, 0.2) is 243 Å². The minimum absolute atomic E-state index is 0. The maximum absolute atomic E-state index is 9.44. The van der Waals surface area contributed by atoms with E-state index in [0.29, 0.717) is 0 Å². The molecule has 8 aromatic carbocycles. The van der Waals surface area contributed by atoms with Crippen molar-refractivity contribution in [1.29, 1.82) is 0 Å². The van der Waals surface area contributed by atoms with E-state index in [-0.39, 0.29) is 80.8 Å². The molecular weight excluding hydrogens is 1260 g/mol. The quantitative estimate of drug-likeness (QED) is 0.137. The summed E-state index contributed by atoms with van der Waals surface area (Å²) >= 11 is 0. The molecule has 0 radical (unpaired) electrons. The van der Waals surface area contributed by atoms with E-state index >= 15 is 0 Å². The zero-order chi connectivity index (χ0) is 40.2. The van der Waals surface area contributed by atoms with Crippen LogP contribution in [0.25, 0.3) is 0 Å². The van der Waals surface area contributed by atoms with Gasteiger partial charge in [0, 0.05) is 0 Å². The largest absolute Gasteiger partial charge is 1.00 e. The molecule has 0 spiro atoms. The van der Waals surface area contributed by atoms with Crippen LogP contribution in [0.5, 0.6) is 0 Å². The molecule has 0 atom stereocenters. The van der Waals surface area contributed by atoms with Gasteiger partial charge in [0.05, 0.1) is 0 Å². The number of benzene rings is 8. The van der Waals surface area contributed by atoms with Crippen molar-refractivity contribution in [3.8, 4) is 0 Å². The minimum Gasteiger partial charge on any atom is -1.00 e. The Morgan fingerprint density at radius 1 is 0.286 bits per heavy atom. The second-order valence-corrected chi connectivity index (χ2v) is 25.4. The third kappa shape index (κ3) is 18.9. The number of hydrogen-bond acceptors (Lipinski definition) is 1. The number of halogens is 2. The van der Waals surface area contributed by atoms with Crippen molar-refractivity contribution in [3.63, 3.8) is 0 Å². The average Bonchev–Trinajstić information content (AvgIpc) is 3.29. The van der Waals surface area contributed by atoms with Crippen LogP contribution in [-0.2, 0) is 49.6 Å². The van der Waals surface area contributed by atoms with Crippen molar-refractivity contribution in [3.05, 3.63) is 243 Å². The molecule has 0 saturated carbocycles. The zero-order valence-electron chi connectivity index (χ0n) is 35.3. The standard InChI is InChI=1S/2C25H22P2.C3H6O.2Au.2ClH.H2O/c2*1-5-13-22(14-6-1)26(23-15-7-2-8-16-23)21-27(24-17-9-3-10-18-24)25-19-11-4-12-20-25;1-3(2)4;;;;;/h2*1-20H,21H2;1-2H3;;;2*1H;1H2/q;;;2*+1;;;/p+2. The van der Waals surface area contributed by atoms with Crippen LogP contribution in [-0.4, -0.2) is 23.1 Å². The third-order valence-electron chi connectivity index (χ3n) is 9.69. The first-order valence-corrected chi connectivity index (χ1v) is 26.7. The Morgan fingerprint density at radius 3 is 0.476 bits per heavy atom. The number of carbonyl (C=O) groups is 1. The van der Waals surface area contributed by atoms with E-state index in [1.54, 1.807) is 0 Å². The van der Waals surface area contributed by atoms with Gasteiger partial charge in [0.1, 0.15) is 79.9 Å². The fourth-order valence-corrected chi connectivity index (χ4v) is 22.4. The molecule has 63 heavy (non-hydrogen) atoms. The fraction of sp³-hybridized carbons (Fsp3) is 0.0755. The Kier molecular flexibility index (Phi) is 30.3. The predicted octanol–water partition coefficient (Wildman–Crippen LogP) is 3.12. The topological polar surface area (TPSA) is 48.6 Å². The first-order valence-electron chi connectivity index (χ1n) is 19.9. The second-order valence-electron chi connectivity index (χ2n) is 14.1. The molecule has 0 fully saturated rings. The monoisotopic (exact) mass is 1310 g/mol. The molecule has 2 nitrogen and oxygen atoms in total. The minimum atomic E-state index is -0.847. The van der Waals surface area contributed by atoms with Gasteiger partial charge in [0.25, 0.3) is 0 Å². The zero-order valence-corrected chi connectivity index (χ0v) is 45.1. The Balaban J connectivity index is 0.000000541. The number of hydrogen-bond donors (Lipinski definition) is 0. The summed E-state index contributed by atoms with van der Waals surface area (Å²) in [5, 5.41) is 12.0. The Hall–Kier alpha value is -2.83. The van der Waals surface area contributed by atoms with Gasteiger partial charge in [-0.15, -0.1) is 0 Å². The van der Waals surface area contributed by atoms with E-state index in [9.17, 15) is 4.79 Å². The summed E-state index contributed by atoms with van der Waals surface area (Å²) in [6.45, 7) is 3.06. The summed E-state index contributed by atoms with van der Waals surface area (Å²) < 4.78 is 0. The normalized spacial score (nSPS) is 9.87. The van der Waals surface area contributed by atoms with E-state index in [1.807, 2.05) is 0 Å². The molecule has 0 bridgehead atoms. The van der Waals surface area contributed by atoms with Crippen LogP contribution in [0, 0.1) is 0 Å². The van der Waals surface area contributed by atoms with Crippen LogP contribution >= 0.6 is 31.7 Å². The number of carbonyl (C=O) groups excluding carboxylic acids is 1. The summed E-state index contributed by atoms with van der Waals surface area (Å²) in [6, 6.07) is 88.9. The molecule has 0 heterocycles. The maximum atomic E-state index is 9.44. The molecule has 2 N–H and O–H groups in total. The van der Waals surface area contributed by atoms with Crippen molar-refractivity contribution in [1.82, 2.24) is 0 Å². The summed E-state index contributed by atoms with van der Waals surface area (Å²) in [7, 11) is -3.39. The third-order valence-corrected chi connectivity index (χ3v) is 23.6. The van der Waals surface area contributed by atoms with Gasteiger partial charge in [0.15, 0.2) is 11.8 Å². The fourth-order valence-electron chi connectivity index (χ4n) is 6.95. The number of Topliss-reactive ketones (excluding diaryl/α,β-unsaturated/α-hetero) is 1. The predicted molar refractivity (Wildman–Crippen MR) is 272 cm³/mol. The molecule has 10 heteroatoms. The average molecular weight is 1310 g/mol. The molecular formula is C53H56Au2Cl2O2P4+4. The van der Waals surface area contributed by atoms with Gasteiger partial charge >= 0.3 is 44.8 Å². The molecule has 8 rings (SSSR count). The molecule has 0 aliphatic heterocycles. The van der Waals surface area contributed by atoms with Crippen molar-refractivity contribution >= 4 is 79.9 Å². The summed E-state index contributed by atoms with van der Waals surface area (Å²) in [5.74, 6) is 2.66. The van der Waals surface area contributed by atoms with E-state index in [1.165, 1.54) is 68.1 Å². The van der Waals surface area contributed by atoms with Crippen molar-refractivity contribution in [2.45, 2.75) is 13.8 Å². The molecule has 0 aliphatic carbocycles. The van der Waals surface area contributed by atoms with Crippen molar-refractivity contribution in [2.24, 2.45) is 0 Å². The van der Waals surface area contributed by atoms with E-state index in [2.05, 4.69) is 243 Å². The van der Waals surface area contributed by atoms with Gasteiger partial charge < -0.3 is 35.1 Å². The van der Waals surface area contributed by atoms with Crippen LogP contribution in [0.2, 0.25) is 0 Å². The number of rotatable bonds is 12. The van der Waals surface area contributed by atoms with Gasteiger partial charge in [-0.3, -0.25) is 0 Å². The van der Waals surface area contributed by atoms with Gasteiger partial charge in [-0.1, -0.05) is 146 Å². The molecule has 332 valence electrons. The molecule has 0 aliphatic rings. The molecule has 0 amide bonds. The van der Waals surface area contributed by atoms with Gasteiger partial charge in [-0.2, -0.15) is 0 Å². The van der Waals surface area contributed by atoms with E-state index in [0.717, 1.165) is 0 Å². The van der Waals surface area contributed by atoms with Crippen LogP contribution in [0.1, 0.15) is 13.8 Å². The summed E-state index contributed by atoms with van der Waals surface area (Å²) in [5.41, 5.74) is 0. The van der Waals surface area contributed by atoms with Crippen LogP contribution in [0.4, 0.5) is 0 Å². The summed E-state index contributed by atoms with van der Waals surface area (Å²) in [6.07, 6.45) is 0. The SMILES string of the molecule is CC(C)=O.O.[Au+].[Au+].[Cl-].[Cl-].c1ccc([PH+](C[PH+](c2ccccc2)c2ccccc2)c2ccccc2)cc1.c1ccc([PH+](C[PH+](c2ccccc2)c2ccccc2)c2ccccc2)cc1.